The zero-order valence-corrected chi connectivity index (χ0v) is 12.9. The lowest BCUT2D eigenvalue weighted by atomic mass is 10.0. The Kier molecular flexibility index (Phi) is 4.36. The summed E-state index contributed by atoms with van der Waals surface area (Å²) in [5, 5.41) is 3.52. The van der Waals surface area contributed by atoms with Crippen molar-refractivity contribution in [3.8, 4) is 0 Å². The summed E-state index contributed by atoms with van der Waals surface area (Å²) in [5.74, 6) is 0. The van der Waals surface area contributed by atoms with Crippen molar-refractivity contribution in [2.45, 2.75) is 25.9 Å². The van der Waals surface area contributed by atoms with Crippen LogP contribution in [0.25, 0.3) is 0 Å². The van der Waals surface area contributed by atoms with Crippen LogP contribution in [0.4, 0.5) is 0 Å². The molecule has 2 heterocycles. The standard InChI is InChI=1S/C17H24N4/c1-3-14-4-6-15(7-5-14)17-11-18-8-9-21(17)12-16-10-19-13-20(16)2/h4-7,10,13,17-18H,3,8-9,11-12H2,1-2H3. The van der Waals surface area contributed by atoms with Gasteiger partial charge in [0.05, 0.1) is 12.0 Å². The summed E-state index contributed by atoms with van der Waals surface area (Å²) in [6.45, 7) is 6.31. The van der Waals surface area contributed by atoms with E-state index in [9.17, 15) is 0 Å². The summed E-state index contributed by atoms with van der Waals surface area (Å²) in [4.78, 5) is 6.78. The lowest BCUT2D eigenvalue weighted by Crippen LogP contribution is -2.45. The first-order valence-corrected chi connectivity index (χ1v) is 7.76. The minimum absolute atomic E-state index is 0.444. The summed E-state index contributed by atoms with van der Waals surface area (Å²) in [5.41, 5.74) is 4.08. The highest BCUT2D eigenvalue weighted by Gasteiger charge is 2.24. The molecule has 2 aromatic rings. The summed E-state index contributed by atoms with van der Waals surface area (Å²) >= 11 is 0. The van der Waals surface area contributed by atoms with Crippen LogP contribution in [0.15, 0.2) is 36.8 Å². The van der Waals surface area contributed by atoms with E-state index in [-0.39, 0.29) is 0 Å². The summed E-state index contributed by atoms with van der Waals surface area (Å²) in [6.07, 6.45) is 4.95. The molecular weight excluding hydrogens is 260 g/mol. The van der Waals surface area contributed by atoms with Crippen LogP contribution >= 0.6 is 0 Å². The van der Waals surface area contributed by atoms with Gasteiger partial charge in [-0.3, -0.25) is 4.90 Å². The highest BCUT2D eigenvalue weighted by molar-refractivity contribution is 5.26. The van der Waals surface area contributed by atoms with Crippen molar-refractivity contribution in [3.63, 3.8) is 0 Å². The molecule has 0 aliphatic carbocycles. The summed E-state index contributed by atoms with van der Waals surface area (Å²) < 4.78 is 2.11. The molecule has 0 bridgehead atoms. The molecule has 4 nitrogen and oxygen atoms in total. The van der Waals surface area contributed by atoms with Gasteiger partial charge in [-0.25, -0.2) is 4.98 Å². The monoisotopic (exact) mass is 284 g/mol. The highest BCUT2D eigenvalue weighted by atomic mass is 15.2. The Morgan fingerprint density at radius 3 is 2.76 bits per heavy atom. The maximum absolute atomic E-state index is 4.23. The number of piperazine rings is 1. The molecule has 1 fully saturated rings. The molecular formula is C17H24N4. The second-order valence-corrected chi connectivity index (χ2v) is 5.78. The van der Waals surface area contributed by atoms with Crippen molar-refractivity contribution in [2.75, 3.05) is 19.6 Å². The van der Waals surface area contributed by atoms with Crippen molar-refractivity contribution >= 4 is 0 Å². The molecule has 1 unspecified atom stereocenters. The molecule has 0 spiro atoms. The van der Waals surface area contributed by atoms with Gasteiger partial charge in [-0.15, -0.1) is 0 Å². The molecule has 1 aliphatic heterocycles. The van der Waals surface area contributed by atoms with Gasteiger partial charge in [0.25, 0.3) is 0 Å². The molecule has 21 heavy (non-hydrogen) atoms. The topological polar surface area (TPSA) is 33.1 Å². The molecule has 3 rings (SSSR count). The van der Waals surface area contributed by atoms with E-state index < -0.39 is 0 Å². The Labute approximate surface area is 126 Å². The number of hydrogen-bond donors (Lipinski definition) is 1. The first kappa shape index (κ1) is 14.3. The molecule has 1 atom stereocenters. The Balaban J connectivity index is 1.78. The van der Waals surface area contributed by atoms with Crippen LogP contribution in [0.3, 0.4) is 0 Å². The molecule has 1 saturated heterocycles. The van der Waals surface area contributed by atoms with E-state index >= 15 is 0 Å². The van der Waals surface area contributed by atoms with Crippen LogP contribution < -0.4 is 5.32 Å². The largest absolute Gasteiger partial charge is 0.337 e. The zero-order valence-electron chi connectivity index (χ0n) is 12.9. The lowest BCUT2D eigenvalue weighted by molar-refractivity contribution is 0.150. The van der Waals surface area contributed by atoms with Gasteiger partial charge < -0.3 is 9.88 Å². The third-order valence-corrected chi connectivity index (χ3v) is 4.41. The van der Waals surface area contributed by atoms with Crippen LogP contribution in [-0.4, -0.2) is 34.1 Å². The van der Waals surface area contributed by atoms with E-state index in [4.69, 9.17) is 0 Å². The Morgan fingerprint density at radius 1 is 1.29 bits per heavy atom. The second-order valence-electron chi connectivity index (χ2n) is 5.78. The zero-order chi connectivity index (χ0) is 14.7. The van der Waals surface area contributed by atoms with Gasteiger partial charge in [0, 0.05) is 45.5 Å². The highest BCUT2D eigenvalue weighted by Crippen LogP contribution is 2.24. The molecule has 0 radical (unpaired) electrons. The fraction of sp³-hybridized carbons (Fsp3) is 0.471. The van der Waals surface area contributed by atoms with Gasteiger partial charge in [-0.2, -0.15) is 0 Å². The fourth-order valence-corrected chi connectivity index (χ4v) is 2.98. The van der Waals surface area contributed by atoms with Gasteiger partial charge in [0.15, 0.2) is 0 Å². The Hall–Kier alpha value is -1.65. The first-order chi connectivity index (χ1) is 10.3. The van der Waals surface area contributed by atoms with E-state index in [1.54, 1.807) is 0 Å². The first-order valence-electron chi connectivity index (χ1n) is 7.76. The number of benzene rings is 1. The van der Waals surface area contributed by atoms with Crippen molar-refractivity contribution in [1.82, 2.24) is 19.8 Å². The average Bonchev–Trinajstić information content (AvgIpc) is 2.93. The quantitative estimate of drug-likeness (QED) is 0.933. The number of imidazole rings is 1. The predicted molar refractivity (Wildman–Crippen MR) is 85.0 cm³/mol. The fourth-order valence-electron chi connectivity index (χ4n) is 2.98. The normalized spacial score (nSPS) is 19.8. The second kappa shape index (κ2) is 6.41. The van der Waals surface area contributed by atoms with Crippen LogP contribution in [0.2, 0.25) is 0 Å². The molecule has 0 saturated carbocycles. The number of aryl methyl sites for hydroxylation is 2. The molecule has 1 aromatic heterocycles. The Morgan fingerprint density at radius 2 is 2.10 bits per heavy atom. The lowest BCUT2D eigenvalue weighted by Gasteiger charge is -2.36. The van der Waals surface area contributed by atoms with Crippen molar-refractivity contribution in [3.05, 3.63) is 53.6 Å². The van der Waals surface area contributed by atoms with E-state index in [0.717, 1.165) is 32.6 Å². The average molecular weight is 284 g/mol. The van der Waals surface area contributed by atoms with Crippen LogP contribution in [0.5, 0.6) is 0 Å². The van der Waals surface area contributed by atoms with Gasteiger partial charge in [-0.05, 0) is 17.5 Å². The molecule has 0 amide bonds. The van der Waals surface area contributed by atoms with Gasteiger partial charge in [0.2, 0.25) is 0 Å². The smallest absolute Gasteiger partial charge is 0.0945 e. The maximum atomic E-state index is 4.23. The van der Waals surface area contributed by atoms with E-state index in [2.05, 4.69) is 58.0 Å². The van der Waals surface area contributed by atoms with E-state index in [0.29, 0.717) is 6.04 Å². The van der Waals surface area contributed by atoms with Crippen molar-refractivity contribution in [2.24, 2.45) is 7.05 Å². The molecule has 112 valence electrons. The number of nitrogens with one attached hydrogen (secondary N) is 1. The Bertz CT molecular complexity index is 573. The van der Waals surface area contributed by atoms with E-state index in [1.165, 1.54) is 16.8 Å². The van der Waals surface area contributed by atoms with Gasteiger partial charge >= 0.3 is 0 Å². The van der Waals surface area contributed by atoms with E-state index in [1.807, 2.05) is 12.5 Å². The van der Waals surface area contributed by atoms with Gasteiger partial charge in [-0.1, -0.05) is 31.2 Å². The third kappa shape index (κ3) is 3.17. The third-order valence-electron chi connectivity index (χ3n) is 4.41. The predicted octanol–water partition coefficient (Wildman–Crippen LogP) is 2.13. The SMILES string of the molecule is CCc1ccc(C2CNCCN2Cc2cncn2C)cc1. The number of aromatic nitrogens is 2. The summed E-state index contributed by atoms with van der Waals surface area (Å²) in [6, 6.07) is 9.53. The van der Waals surface area contributed by atoms with Gasteiger partial charge in [0.1, 0.15) is 0 Å². The molecule has 4 heteroatoms. The molecule has 1 aromatic carbocycles. The van der Waals surface area contributed by atoms with Crippen LogP contribution in [0, 0.1) is 0 Å². The minimum Gasteiger partial charge on any atom is -0.337 e. The minimum atomic E-state index is 0.444. The maximum Gasteiger partial charge on any atom is 0.0945 e. The summed E-state index contributed by atoms with van der Waals surface area (Å²) in [7, 11) is 2.07. The van der Waals surface area contributed by atoms with Crippen LogP contribution in [0.1, 0.15) is 29.8 Å². The van der Waals surface area contributed by atoms with Crippen molar-refractivity contribution in [1.29, 1.82) is 0 Å². The van der Waals surface area contributed by atoms with Crippen LogP contribution in [-0.2, 0) is 20.0 Å². The molecule has 1 aliphatic rings. The number of nitrogens with zero attached hydrogens (tertiary/aromatic N) is 3. The number of hydrogen-bond acceptors (Lipinski definition) is 3. The van der Waals surface area contributed by atoms with Crippen molar-refractivity contribution < 1.29 is 0 Å². The molecule has 1 N–H and O–H groups in total. The number of rotatable bonds is 4.